The number of ether oxygens (including phenoxy) is 1. The quantitative estimate of drug-likeness (QED) is 0.184. The molecule has 0 radical (unpaired) electrons. The zero-order chi connectivity index (χ0) is 33.9. The minimum absolute atomic E-state index is 0.192. The lowest BCUT2D eigenvalue weighted by molar-refractivity contribution is -0.128. The van der Waals surface area contributed by atoms with Crippen molar-refractivity contribution in [2.45, 2.75) is 49.5 Å². The molecule has 3 aliphatic heterocycles. The summed E-state index contributed by atoms with van der Waals surface area (Å²) in [6.07, 6.45) is 8.04. The Labute approximate surface area is 294 Å². The van der Waals surface area contributed by atoms with Crippen molar-refractivity contribution in [3.05, 3.63) is 58.8 Å². The highest BCUT2D eigenvalue weighted by Gasteiger charge is 2.34. The largest absolute Gasteiger partial charge is 0.462 e. The Hall–Kier alpha value is -4.45. The number of aromatic nitrogens is 6. The number of thioether (sulfide) groups is 1. The zero-order valence-electron chi connectivity index (χ0n) is 27.6. The molecule has 2 fully saturated rings. The highest BCUT2D eigenvalue weighted by molar-refractivity contribution is 7.98. The molecule has 7 rings (SSSR count). The molecule has 0 spiro atoms. The maximum Gasteiger partial charge on any atom is 0.318 e. The van der Waals surface area contributed by atoms with E-state index in [0.717, 1.165) is 70.9 Å². The Kier molecular flexibility index (Phi) is 9.84. The van der Waals surface area contributed by atoms with E-state index in [1.807, 2.05) is 18.4 Å². The van der Waals surface area contributed by atoms with Crippen molar-refractivity contribution in [1.82, 2.24) is 40.0 Å². The molecule has 49 heavy (non-hydrogen) atoms. The second kappa shape index (κ2) is 14.6. The lowest BCUT2D eigenvalue weighted by atomic mass is 10.0. The Morgan fingerprint density at radius 2 is 1.98 bits per heavy atom. The van der Waals surface area contributed by atoms with Crippen molar-refractivity contribution in [1.29, 1.82) is 5.26 Å². The van der Waals surface area contributed by atoms with E-state index >= 15 is 0 Å². The van der Waals surface area contributed by atoms with Gasteiger partial charge in [0.1, 0.15) is 12.4 Å². The Morgan fingerprint density at radius 1 is 1.12 bits per heavy atom. The minimum atomic E-state index is -0.329. The van der Waals surface area contributed by atoms with Gasteiger partial charge < -0.3 is 24.3 Å². The van der Waals surface area contributed by atoms with E-state index in [2.05, 4.69) is 67.6 Å². The molecule has 2 atom stereocenters. The van der Waals surface area contributed by atoms with Gasteiger partial charge in [-0.05, 0) is 67.1 Å². The average Bonchev–Trinajstić information content (AvgIpc) is 3.77. The van der Waals surface area contributed by atoms with Crippen molar-refractivity contribution in [3.63, 3.8) is 0 Å². The first kappa shape index (κ1) is 33.1. The van der Waals surface area contributed by atoms with E-state index in [1.54, 1.807) is 11.1 Å². The number of amides is 1. The van der Waals surface area contributed by atoms with Crippen LogP contribution in [0.3, 0.4) is 0 Å². The molecule has 2 aromatic carbocycles. The van der Waals surface area contributed by atoms with E-state index in [1.165, 1.54) is 22.5 Å². The second-order valence-corrected chi connectivity index (χ2v) is 13.7. The van der Waals surface area contributed by atoms with Crippen LogP contribution in [0.4, 0.5) is 11.5 Å². The van der Waals surface area contributed by atoms with Crippen molar-refractivity contribution >= 4 is 57.7 Å². The Balaban J connectivity index is 1.17. The molecular weight excluding hydrogens is 662 g/mol. The lowest BCUT2D eigenvalue weighted by Gasteiger charge is -2.42. The number of carbonyl (C=O) groups is 1. The van der Waals surface area contributed by atoms with Gasteiger partial charge in [0, 0.05) is 61.1 Å². The molecule has 15 heteroatoms. The Morgan fingerprint density at radius 3 is 2.78 bits per heavy atom. The molecule has 5 heterocycles. The summed E-state index contributed by atoms with van der Waals surface area (Å²) in [6.45, 7) is 4.37. The summed E-state index contributed by atoms with van der Waals surface area (Å²) >= 11 is 8.12. The predicted molar refractivity (Wildman–Crippen MR) is 190 cm³/mol. The molecule has 0 aliphatic carbocycles. The van der Waals surface area contributed by atoms with Gasteiger partial charge in [0.25, 0.3) is 0 Å². The van der Waals surface area contributed by atoms with E-state index in [-0.39, 0.29) is 18.4 Å². The van der Waals surface area contributed by atoms with Crippen molar-refractivity contribution in [3.8, 4) is 12.1 Å². The van der Waals surface area contributed by atoms with Gasteiger partial charge in [0.15, 0.2) is 0 Å². The number of piperazine rings is 1. The fourth-order valence-corrected chi connectivity index (χ4v) is 7.76. The van der Waals surface area contributed by atoms with Gasteiger partial charge in [0.05, 0.1) is 35.8 Å². The highest BCUT2D eigenvalue weighted by atomic mass is 35.5. The summed E-state index contributed by atoms with van der Waals surface area (Å²) in [5.41, 5.74) is 3.07. The summed E-state index contributed by atoms with van der Waals surface area (Å²) in [5.74, 6) is 0.625. The number of nitrogens with zero attached hydrogens (tertiary/aromatic N) is 11. The number of hydrogen-bond donors (Lipinski definition) is 0. The summed E-state index contributed by atoms with van der Waals surface area (Å²) in [6, 6.07) is 14.9. The first-order chi connectivity index (χ1) is 23.9. The highest BCUT2D eigenvalue weighted by Crippen LogP contribution is 2.37. The number of fused-ring (bicyclic) bond motifs is 2. The van der Waals surface area contributed by atoms with Gasteiger partial charge in [0.2, 0.25) is 11.1 Å². The summed E-state index contributed by atoms with van der Waals surface area (Å²) in [5, 5.41) is 24.7. The number of hydrogen-bond acceptors (Lipinski definition) is 12. The smallest absolute Gasteiger partial charge is 0.318 e. The number of carbonyl (C=O) groups excluding carboxylic acids is 1. The van der Waals surface area contributed by atoms with Crippen LogP contribution in [-0.2, 0) is 17.8 Å². The number of likely N-dealkylation sites (N-methyl/N-ethyl adjacent to an activating group) is 1. The van der Waals surface area contributed by atoms with Crippen molar-refractivity contribution in [2.75, 3.05) is 62.4 Å². The molecule has 0 bridgehead atoms. The van der Waals surface area contributed by atoms with Crippen LogP contribution in [-0.4, -0.2) is 111 Å². The standard InChI is InChI=1S/C34H38ClN11O2S/c1-42-15-5-8-25(42)22-48-33-37-28-21-43(29-10-4-7-23-6-3-9-27(35)31(23)29)16-12-26(28)32(38-33)44-18-19-45(24(20-44)11-14-36)30(47)13-17-46-34(49-2)39-40-41-46/h3-4,6-7,9-10,13,17,24-25H,5,8,11-12,15-16,18-22H2,1-2H3/b17-13+/t24-,25-/m0/s1. The fraction of sp³-hybridized carbons (Fsp3) is 0.441. The van der Waals surface area contributed by atoms with E-state index in [0.29, 0.717) is 50.0 Å². The SMILES string of the molecule is CSc1nnnn1/C=C/C(=O)N1CCN(c2nc(OC[C@@H]3CCCN3C)nc3c2CCN(c2cccc4cccc(Cl)c24)C3)C[C@@H]1CC#N. The van der Waals surface area contributed by atoms with Gasteiger partial charge in [-0.2, -0.15) is 19.9 Å². The molecule has 13 nitrogen and oxygen atoms in total. The molecule has 0 saturated carbocycles. The van der Waals surface area contributed by atoms with Crippen LogP contribution in [0.1, 0.15) is 30.5 Å². The average molecular weight is 700 g/mol. The maximum absolute atomic E-state index is 13.4. The summed E-state index contributed by atoms with van der Waals surface area (Å²) in [4.78, 5) is 32.0. The first-order valence-electron chi connectivity index (χ1n) is 16.5. The number of rotatable bonds is 9. The third-order valence-corrected chi connectivity index (χ3v) is 10.6. The number of likely N-dealkylation sites (tertiary alicyclic amines) is 1. The minimum Gasteiger partial charge on any atom is -0.462 e. The summed E-state index contributed by atoms with van der Waals surface area (Å²) in [7, 11) is 2.13. The van der Waals surface area contributed by atoms with Gasteiger partial charge in [-0.1, -0.05) is 47.6 Å². The third kappa shape index (κ3) is 6.88. The van der Waals surface area contributed by atoms with E-state index < -0.39 is 0 Å². The van der Waals surface area contributed by atoms with Crippen molar-refractivity contribution in [2.24, 2.45) is 0 Å². The predicted octanol–water partition coefficient (Wildman–Crippen LogP) is 4.13. The molecule has 1 amide bonds. The molecule has 254 valence electrons. The Bertz CT molecular complexity index is 1910. The zero-order valence-corrected chi connectivity index (χ0v) is 29.1. The monoisotopic (exact) mass is 699 g/mol. The van der Waals surface area contributed by atoms with Crippen LogP contribution in [0.5, 0.6) is 6.01 Å². The van der Waals surface area contributed by atoms with Gasteiger partial charge >= 0.3 is 6.01 Å². The molecule has 4 aromatic rings. The number of halogens is 1. The molecule has 0 N–H and O–H groups in total. The van der Waals surface area contributed by atoms with Gasteiger partial charge in [-0.15, -0.1) is 5.10 Å². The normalized spacial score (nSPS) is 19.8. The lowest BCUT2D eigenvalue weighted by Crippen LogP contribution is -2.55. The fourth-order valence-electron chi connectivity index (χ4n) is 7.08. The van der Waals surface area contributed by atoms with Crippen LogP contribution < -0.4 is 14.5 Å². The van der Waals surface area contributed by atoms with Gasteiger partial charge in [-0.3, -0.25) is 4.79 Å². The maximum atomic E-state index is 13.4. The number of anilines is 2. The van der Waals surface area contributed by atoms with Crippen LogP contribution in [0, 0.1) is 11.3 Å². The van der Waals surface area contributed by atoms with Gasteiger partial charge in [-0.25, -0.2) is 0 Å². The number of benzene rings is 2. The van der Waals surface area contributed by atoms with Crippen LogP contribution in [0.2, 0.25) is 5.02 Å². The number of nitriles is 1. The van der Waals surface area contributed by atoms with Crippen LogP contribution >= 0.6 is 23.4 Å². The van der Waals surface area contributed by atoms with Crippen LogP contribution in [0.15, 0.2) is 47.6 Å². The summed E-state index contributed by atoms with van der Waals surface area (Å²) < 4.78 is 7.80. The van der Waals surface area contributed by atoms with Crippen molar-refractivity contribution < 1.29 is 9.53 Å². The third-order valence-electron chi connectivity index (χ3n) is 9.67. The second-order valence-electron chi connectivity index (χ2n) is 12.5. The first-order valence-corrected chi connectivity index (χ1v) is 18.1. The van der Waals surface area contributed by atoms with E-state index in [9.17, 15) is 10.1 Å². The molecule has 3 aliphatic rings. The van der Waals surface area contributed by atoms with Crippen LogP contribution in [0.25, 0.3) is 17.0 Å². The molecule has 2 saturated heterocycles. The number of tetrazole rings is 1. The van der Waals surface area contributed by atoms with E-state index in [4.69, 9.17) is 26.3 Å². The molecule has 2 aromatic heterocycles. The topological polar surface area (TPSA) is 132 Å². The molecular formula is C34H38ClN11O2S. The molecule has 0 unspecified atom stereocenters.